The summed E-state index contributed by atoms with van der Waals surface area (Å²) in [4.78, 5) is 22.5. The summed E-state index contributed by atoms with van der Waals surface area (Å²) < 4.78 is 11.6. The van der Waals surface area contributed by atoms with Crippen LogP contribution in [0, 0.1) is 0 Å². The lowest BCUT2D eigenvalue weighted by Crippen LogP contribution is -2.47. The molecule has 0 spiro atoms. The molecule has 0 fully saturated rings. The van der Waals surface area contributed by atoms with Crippen molar-refractivity contribution in [1.29, 1.82) is 0 Å². The van der Waals surface area contributed by atoms with Crippen LogP contribution in [-0.4, -0.2) is 54.0 Å². The molecule has 0 aromatic carbocycles. The zero-order valence-corrected chi connectivity index (χ0v) is 19.3. The number of methoxy groups -OCH3 is 1. The van der Waals surface area contributed by atoms with Crippen LogP contribution in [0.25, 0.3) is 20.8 Å². The number of hydrazine groups is 1. The molecule has 0 aliphatic rings. The number of fused-ring (bicyclic) bond motifs is 1. The third-order valence-electron chi connectivity index (χ3n) is 4.19. The van der Waals surface area contributed by atoms with Crippen LogP contribution in [0.2, 0.25) is 5.02 Å². The van der Waals surface area contributed by atoms with Crippen molar-refractivity contribution in [3.8, 4) is 10.6 Å². The van der Waals surface area contributed by atoms with Crippen LogP contribution < -0.4 is 5.01 Å². The van der Waals surface area contributed by atoms with Gasteiger partial charge in [-0.05, 0) is 45.0 Å². The number of amides is 1. The highest BCUT2D eigenvalue weighted by molar-refractivity contribution is 7.22. The Morgan fingerprint density at radius 1 is 1.23 bits per heavy atom. The normalized spacial score (nSPS) is 11.5. The summed E-state index contributed by atoms with van der Waals surface area (Å²) in [5.74, 6) is 0. The first-order valence-electron chi connectivity index (χ1n) is 9.43. The third-order valence-corrected chi connectivity index (χ3v) is 5.80. The third kappa shape index (κ3) is 5.19. The molecule has 1 amide bonds. The second-order valence-electron chi connectivity index (χ2n) is 7.64. The number of anilines is 1. The summed E-state index contributed by atoms with van der Waals surface area (Å²) in [5.41, 5.74) is 1.82. The summed E-state index contributed by atoms with van der Waals surface area (Å²) in [6, 6.07) is 7.58. The van der Waals surface area contributed by atoms with E-state index in [9.17, 15) is 4.79 Å². The van der Waals surface area contributed by atoms with Crippen LogP contribution in [0.15, 0.2) is 36.7 Å². The Morgan fingerprint density at radius 3 is 2.60 bits per heavy atom. The number of nitrogens with zero attached hydrogens (tertiary/aromatic N) is 4. The molecule has 3 aromatic rings. The average molecular weight is 449 g/mol. The maximum Gasteiger partial charge on any atom is 0.429 e. The van der Waals surface area contributed by atoms with Crippen LogP contribution in [-0.2, 0) is 9.47 Å². The monoisotopic (exact) mass is 448 g/mol. The van der Waals surface area contributed by atoms with Crippen LogP contribution in [0.1, 0.15) is 20.8 Å². The first-order valence-corrected chi connectivity index (χ1v) is 10.6. The van der Waals surface area contributed by atoms with Crippen molar-refractivity contribution in [2.24, 2.45) is 0 Å². The zero-order chi connectivity index (χ0) is 21.9. The van der Waals surface area contributed by atoms with E-state index in [0.29, 0.717) is 18.2 Å². The molecule has 30 heavy (non-hydrogen) atoms. The molecule has 3 aromatic heterocycles. The van der Waals surface area contributed by atoms with E-state index in [1.165, 1.54) is 5.01 Å². The van der Waals surface area contributed by atoms with Crippen LogP contribution in [0.5, 0.6) is 0 Å². The fourth-order valence-electron chi connectivity index (χ4n) is 2.77. The van der Waals surface area contributed by atoms with E-state index < -0.39 is 11.7 Å². The Bertz CT molecular complexity index is 1020. The number of ether oxygens (including phenoxy) is 2. The molecule has 0 N–H and O–H groups in total. The molecule has 7 nitrogen and oxygen atoms in total. The number of thiophene rings is 1. The van der Waals surface area contributed by atoms with E-state index in [1.807, 2.05) is 39.0 Å². The van der Waals surface area contributed by atoms with Gasteiger partial charge >= 0.3 is 6.09 Å². The molecular formula is C21H25ClN4O3S. The Hall–Kier alpha value is -2.42. The van der Waals surface area contributed by atoms with E-state index >= 15 is 0 Å². The van der Waals surface area contributed by atoms with E-state index in [-0.39, 0.29) is 0 Å². The number of carbonyl (C=O) groups excluding carboxylic acids is 1. The van der Waals surface area contributed by atoms with Gasteiger partial charge in [-0.1, -0.05) is 11.6 Å². The van der Waals surface area contributed by atoms with Gasteiger partial charge in [0.05, 0.1) is 50.8 Å². The van der Waals surface area contributed by atoms with Gasteiger partial charge in [-0.3, -0.25) is 15.0 Å². The highest BCUT2D eigenvalue weighted by Gasteiger charge is 2.24. The number of rotatable bonds is 6. The van der Waals surface area contributed by atoms with Gasteiger partial charge in [-0.15, -0.1) is 11.3 Å². The van der Waals surface area contributed by atoms with Crippen molar-refractivity contribution >= 4 is 44.9 Å². The molecule has 0 aliphatic heterocycles. The van der Waals surface area contributed by atoms with Crippen LogP contribution in [0.3, 0.4) is 0 Å². The van der Waals surface area contributed by atoms with Crippen molar-refractivity contribution in [1.82, 2.24) is 15.0 Å². The Labute approximate surface area is 185 Å². The van der Waals surface area contributed by atoms with Gasteiger partial charge in [0.2, 0.25) is 0 Å². The predicted octanol–water partition coefficient (Wildman–Crippen LogP) is 5.25. The van der Waals surface area contributed by atoms with Gasteiger partial charge in [-0.2, -0.15) is 0 Å². The lowest BCUT2D eigenvalue weighted by molar-refractivity contribution is 0.0267. The lowest BCUT2D eigenvalue weighted by atomic mass is 10.2. The molecule has 3 rings (SSSR count). The fraction of sp³-hybridized carbons (Fsp3) is 0.381. The van der Waals surface area contributed by atoms with Crippen molar-refractivity contribution in [3.63, 3.8) is 0 Å². The quantitative estimate of drug-likeness (QED) is 0.480. The molecule has 0 saturated heterocycles. The SMILES string of the molecule is COCCN(c1ccc(-c2cc3nccc(Cl)c3s2)nc1)N(C)C(=O)OC(C)(C)C. The number of aromatic nitrogens is 2. The maximum atomic E-state index is 12.5. The minimum atomic E-state index is -0.586. The van der Waals surface area contributed by atoms with Gasteiger partial charge in [0.1, 0.15) is 5.60 Å². The van der Waals surface area contributed by atoms with Crippen molar-refractivity contribution in [2.75, 3.05) is 32.3 Å². The molecule has 0 unspecified atom stereocenters. The Morgan fingerprint density at radius 2 is 2.00 bits per heavy atom. The molecule has 0 bridgehead atoms. The molecule has 9 heteroatoms. The summed E-state index contributed by atoms with van der Waals surface area (Å²) in [6.07, 6.45) is 2.97. The van der Waals surface area contributed by atoms with Crippen molar-refractivity contribution in [2.45, 2.75) is 26.4 Å². The lowest BCUT2D eigenvalue weighted by Gasteiger charge is -2.34. The molecule has 0 saturated carbocycles. The van der Waals surface area contributed by atoms with E-state index in [0.717, 1.165) is 26.5 Å². The number of halogens is 1. The summed E-state index contributed by atoms with van der Waals surface area (Å²) in [6.45, 7) is 6.41. The van der Waals surface area contributed by atoms with Crippen LogP contribution in [0.4, 0.5) is 10.5 Å². The highest BCUT2D eigenvalue weighted by Crippen LogP contribution is 2.35. The van der Waals surface area contributed by atoms with Crippen LogP contribution >= 0.6 is 22.9 Å². The minimum Gasteiger partial charge on any atom is -0.442 e. The van der Waals surface area contributed by atoms with Gasteiger partial charge in [0.15, 0.2) is 0 Å². The number of carbonyl (C=O) groups is 1. The van der Waals surface area contributed by atoms with E-state index in [1.54, 1.807) is 49.0 Å². The Balaban J connectivity index is 1.85. The van der Waals surface area contributed by atoms with E-state index in [2.05, 4.69) is 9.97 Å². The van der Waals surface area contributed by atoms with E-state index in [4.69, 9.17) is 21.1 Å². The van der Waals surface area contributed by atoms with Crippen molar-refractivity contribution in [3.05, 3.63) is 41.7 Å². The molecule has 3 heterocycles. The van der Waals surface area contributed by atoms with Gasteiger partial charge in [-0.25, -0.2) is 9.80 Å². The minimum absolute atomic E-state index is 0.440. The van der Waals surface area contributed by atoms with Gasteiger partial charge in [0, 0.05) is 20.4 Å². The molecule has 0 atom stereocenters. The highest BCUT2D eigenvalue weighted by atomic mass is 35.5. The maximum absolute atomic E-state index is 12.5. The van der Waals surface area contributed by atoms with Gasteiger partial charge in [0.25, 0.3) is 0 Å². The number of pyridine rings is 2. The summed E-state index contributed by atoms with van der Waals surface area (Å²) in [5, 5.41) is 3.89. The zero-order valence-electron chi connectivity index (χ0n) is 17.7. The standard InChI is InChI=1S/C21H25ClN4O3S/c1-21(2,3)29-20(27)25(4)26(10-11-28-5)14-6-7-16(24-13-14)18-12-17-19(30-18)15(22)8-9-23-17/h6-9,12-13H,10-11H2,1-5H3. The average Bonchev–Trinajstić information content (AvgIpc) is 3.13. The predicted molar refractivity (Wildman–Crippen MR) is 121 cm³/mol. The first kappa shape index (κ1) is 22.3. The van der Waals surface area contributed by atoms with Crippen molar-refractivity contribution < 1.29 is 14.3 Å². The second kappa shape index (κ2) is 9.16. The largest absolute Gasteiger partial charge is 0.442 e. The topological polar surface area (TPSA) is 67.8 Å². The smallest absolute Gasteiger partial charge is 0.429 e. The molecule has 160 valence electrons. The molecular weight excluding hydrogens is 424 g/mol. The Kier molecular flexibility index (Phi) is 6.80. The van der Waals surface area contributed by atoms with Gasteiger partial charge < -0.3 is 9.47 Å². The fourth-order valence-corrected chi connectivity index (χ4v) is 4.04. The summed E-state index contributed by atoms with van der Waals surface area (Å²) >= 11 is 7.81. The number of hydrogen-bond donors (Lipinski definition) is 0. The second-order valence-corrected chi connectivity index (χ2v) is 9.10. The number of hydrogen-bond acceptors (Lipinski definition) is 7. The molecule has 0 aliphatic carbocycles. The first-order chi connectivity index (χ1) is 14.2. The molecule has 0 radical (unpaired) electrons. The summed E-state index contributed by atoms with van der Waals surface area (Å²) in [7, 11) is 3.28.